The van der Waals surface area contributed by atoms with Gasteiger partial charge in [0, 0.05) is 18.7 Å². The molecule has 128 valence electrons. The van der Waals surface area contributed by atoms with Gasteiger partial charge in [-0.2, -0.15) is 0 Å². The molecule has 0 aliphatic rings. The van der Waals surface area contributed by atoms with Crippen molar-refractivity contribution in [2.45, 2.75) is 13.5 Å². The number of hydrogen-bond donors (Lipinski definition) is 2. The van der Waals surface area contributed by atoms with Gasteiger partial charge in [-0.1, -0.05) is 12.1 Å². The first-order valence-electron chi connectivity index (χ1n) is 7.54. The minimum absolute atomic E-state index is 0.0782. The van der Waals surface area contributed by atoms with Gasteiger partial charge in [0.1, 0.15) is 28.6 Å². The summed E-state index contributed by atoms with van der Waals surface area (Å²) in [7, 11) is 3.03. The Morgan fingerprint density at radius 3 is 2.38 bits per heavy atom. The molecule has 6 nitrogen and oxygen atoms in total. The van der Waals surface area contributed by atoms with Gasteiger partial charge in [-0.05, 0) is 24.6 Å². The van der Waals surface area contributed by atoms with Crippen molar-refractivity contribution in [1.29, 1.82) is 0 Å². The number of benzene rings is 2. The summed E-state index contributed by atoms with van der Waals surface area (Å²) in [5.41, 5.74) is 0.989. The molecule has 2 aromatic carbocycles. The van der Waals surface area contributed by atoms with Crippen molar-refractivity contribution >= 4 is 5.91 Å². The number of ether oxygens (including phenoxy) is 3. The summed E-state index contributed by atoms with van der Waals surface area (Å²) < 4.78 is 15.6. The van der Waals surface area contributed by atoms with Crippen LogP contribution >= 0.6 is 0 Å². The van der Waals surface area contributed by atoms with Crippen molar-refractivity contribution in [3.05, 3.63) is 47.5 Å². The molecular formula is C18H21NO5. The number of aromatic hydroxyl groups is 1. The number of rotatable bonds is 7. The minimum Gasteiger partial charge on any atom is -0.507 e. The lowest BCUT2D eigenvalue weighted by Gasteiger charge is -2.13. The Morgan fingerprint density at radius 1 is 1.08 bits per heavy atom. The summed E-state index contributed by atoms with van der Waals surface area (Å²) in [5.74, 6) is 0.827. The molecule has 0 fully saturated rings. The second-order valence-corrected chi connectivity index (χ2v) is 4.98. The second kappa shape index (κ2) is 8.10. The van der Waals surface area contributed by atoms with E-state index in [2.05, 4.69) is 5.32 Å². The van der Waals surface area contributed by atoms with Gasteiger partial charge in [-0.25, -0.2) is 0 Å². The third-order valence-corrected chi connectivity index (χ3v) is 3.42. The first-order valence-corrected chi connectivity index (χ1v) is 7.54. The second-order valence-electron chi connectivity index (χ2n) is 4.98. The van der Waals surface area contributed by atoms with Crippen LogP contribution in [0.5, 0.6) is 23.0 Å². The molecule has 6 heteroatoms. The molecule has 0 saturated carbocycles. The maximum absolute atomic E-state index is 12.4. The van der Waals surface area contributed by atoms with Gasteiger partial charge in [0.05, 0.1) is 20.8 Å². The van der Waals surface area contributed by atoms with E-state index in [9.17, 15) is 9.90 Å². The molecular weight excluding hydrogens is 310 g/mol. The minimum atomic E-state index is -0.428. The average molecular weight is 331 g/mol. The summed E-state index contributed by atoms with van der Waals surface area (Å²) in [5, 5.41) is 12.9. The third-order valence-electron chi connectivity index (χ3n) is 3.42. The summed E-state index contributed by atoms with van der Waals surface area (Å²) in [6.07, 6.45) is 0. The molecule has 24 heavy (non-hydrogen) atoms. The molecule has 0 aliphatic heterocycles. The Hall–Kier alpha value is -2.89. The topological polar surface area (TPSA) is 77.0 Å². The van der Waals surface area contributed by atoms with Crippen LogP contribution in [0.15, 0.2) is 36.4 Å². The van der Waals surface area contributed by atoms with Crippen LogP contribution in [0.25, 0.3) is 0 Å². The molecule has 0 aliphatic carbocycles. The van der Waals surface area contributed by atoms with E-state index >= 15 is 0 Å². The third kappa shape index (κ3) is 4.10. The number of nitrogens with one attached hydrogen (secondary N) is 1. The Bertz CT molecular complexity index is 697. The predicted molar refractivity (Wildman–Crippen MR) is 90.0 cm³/mol. The van der Waals surface area contributed by atoms with Gasteiger partial charge in [0.2, 0.25) is 0 Å². The number of hydrogen-bond acceptors (Lipinski definition) is 5. The van der Waals surface area contributed by atoms with E-state index < -0.39 is 5.91 Å². The van der Waals surface area contributed by atoms with E-state index in [1.165, 1.54) is 13.2 Å². The molecule has 0 heterocycles. The molecule has 1 amide bonds. The van der Waals surface area contributed by atoms with E-state index in [4.69, 9.17) is 14.2 Å². The number of phenolic OH excluding ortho intramolecular Hbond substituents is 1. The predicted octanol–water partition coefficient (Wildman–Crippen LogP) is 2.74. The molecule has 0 spiro atoms. The van der Waals surface area contributed by atoms with Gasteiger partial charge in [0.25, 0.3) is 5.91 Å². The van der Waals surface area contributed by atoms with Crippen LogP contribution in [-0.4, -0.2) is 31.8 Å². The number of phenols is 1. The number of amides is 1. The van der Waals surface area contributed by atoms with Gasteiger partial charge in [-0.15, -0.1) is 0 Å². The lowest BCUT2D eigenvalue weighted by Crippen LogP contribution is -2.23. The van der Waals surface area contributed by atoms with Crippen molar-refractivity contribution in [1.82, 2.24) is 5.32 Å². The van der Waals surface area contributed by atoms with E-state index in [0.29, 0.717) is 18.9 Å². The van der Waals surface area contributed by atoms with E-state index in [1.807, 2.05) is 31.2 Å². The first-order chi connectivity index (χ1) is 11.6. The van der Waals surface area contributed by atoms with Crippen molar-refractivity contribution in [3.8, 4) is 23.0 Å². The molecule has 2 rings (SSSR count). The highest BCUT2D eigenvalue weighted by Crippen LogP contribution is 2.33. The smallest absolute Gasteiger partial charge is 0.259 e. The van der Waals surface area contributed by atoms with Crippen molar-refractivity contribution in [2.75, 3.05) is 20.8 Å². The molecule has 0 bridgehead atoms. The molecule has 0 atom stereocenters. The molecule has 0 radical (unpaired) electrons. The Labute approximate surface area is 141 Å². The maximum Gasteiger partial charge on any atom is 0.259 e. The van der Waals surface area contributed by atoms with Crippen LogP contribution in [0, 0.1) is 0 Å². The molecule has 0 aromatic heterocycles. The van der Waals surface area contributed by atoms with Gasteiger partial charge in [0.15, 0.2) is 0 Å². The van der Waals surface area contributed by atoms with Crippen LogP contribution in [-0.2, 0) is 6.54 Å². The monoisotopic (exact) mass is 331 g/mol. The van der Waals surface area contributed by atoms with Gasteiger partial charge in [-0.3, -0.25) is 4.79 Å². The summed E-state index contributed by atoms with van der Waals surface area (Å²) in [4.78, 5) is 12.4. The highest BCUT2D eigenvalue weighted by atomic mass is 16.5. The van der Waals surface area contributed by atoms with Gasteiger partial charge < -0.3 is 24.6 Å². The number of methoxy groups -OCH3 is 2. The highest BCUT2D eigenvalue weighted by Gasteiger charge is 2.19. The summed E-state index contributed by atoms with van der Waals surface area (Å²) in [6.45, 7) is 2.60. The number of carbonyl (C=O) groups excluding carboxylic acids is 1. The van der Waals surface area contributed by atoms with Crippen LogP contribution in [0.1, 0.15) is 22.8 Å². The fourth-order valence-corrected chi connectivity index (χ4v) is 2.23. The molecule has 2 N–H and O–H groups in total. The normalized spacial score (nSPS) is 10.1. The lowest BCUT2D eigenvalue weighted by molar-refractivity contribution is 0.0945. The zero-order chi connectivity index (χ0) is 17.5. The zero-order valence-corrected chi connectivity index (χ0v) is 14.0. The summed E-state index contributed by atoms with van der Waals surface area (Å²) >= 11 is 0. The fraction of sp³-hybridized carbons (Fsp3) is 0.278. The Morgan fingerprint density at radius 2 is 1.79 bits per heavy atom. The largest absolute Gasteiger partial charge is 0.507 e. The van der Waals surface area contributed by atoms with Crippen LogP contribution in [0.3, 0.4) is 0 Å². The Kier molecular flexibility index (Phi) is 5.89. The first kappa shape index (κ1) is 17.5. The quantitative estimate of drug-likeness (QED) is 0.816. The molecule has 0 unspecified atom stereocenters. The maximum atomic E-state index is 12.4. The molecule has 0 saturated heterocycles. The standard InChI is InChI=1S/C18H21NO5/c1-4-24-14-9-15(20)17(16(10-14)23-3)18(21)19-11-12-5-7-13(22-2)8-6-12/h5-10,20H,4,11H2,1-3H3,(H,19,21). The van der Waals surface area contributed by atoms with Crippen LogP contribution in [0.4, 0.5) is 0 Å². The highest BCUT2D eigenvalue weighted by molar-refractivity contribution is 5.99. The Balaban J connectivity index is 2.13. The van der Waals surface area contributed by atoms with Gasteiger partial charge >= 0.3 is 0 Å². The van der Waals surface area contributed by atoms with Crippen molar-refractivity contribution in [2.24, 2.45) is 0 Å². The van der Waals surface area contributed by atoms with Crippen molar-refractivity contribution in [3.63, 3.8) is 0 Å². The SMILES string of the molecule is CCOc1cc(O)c(C(=O)NCc2ccc(OC)cc2)c(OC)c1. The lowest BCUT2D eigenvalue weighted by atomic mass is 10.1. The van der Waals surface area contributed by atoms with Crippen LogP contribution < -0.4 is 19.5 Å². The molecule has 2 aromatic rings. The zero-order valence-electron chi connectivity index (χ0n) is 14.0. The van der Waals surface area contributed by atoms with E-state index in [0.717, 1.165) is 11.3 Å². The van der Waals surface area contributed by atoms with Crippen molar-refractivity contribution < 1.29 is 24.1 Å². The van der Waals surface area contributed by atoms with E-state index in [1.54, 1.807) is 13.2 Å². The number of carbonyl (C=O) groups is 1. The summed E-state index contributed by atoms with van der Waals surface area (Å²) in [6, 6.07) is 10.3. The van der Waals surface area contributed by atoms with E-state index in [-0.39, 0.29) is 17.1 Å². The average Bonchev–Trinajstić information content (AvgIpc) is 2.59. The fourth-order valence-electron chi connectivity index (χ4n) is 2.23. The van der Waals surface area contributed by atoms with Crippen LogP contribution in [0.2, 0.25) is 0 Å².